The number of hydrogen-bond donors (Lipinski definition) is 1. The molecule has 0 bridgehead atoms. The average Bonchev–Trinajstić information content (AvgIpc) is 3.27. The van der Waals surface area contributed by atoms with Gasteiger partial charge in [-0.15, -0.1) is 11.8 Å². The monoisotopic (exact) mass is 462 g/mol. The van der Waals surface area contributed by atoms with Crippen LogP contribution in [-0.4, -0.2) is 23.7 Å². The number of nitrogens with zero attached hydrogens (tertiary/aromatic N) is 1. The molecular formula is C21H19ClN2O4S2. The number of benzene rings is 2. The zero-order chi connectivity index (χ0) is 21.5. The van der Waals surface area contributed by atoms with Crippen LogP contribution in [0.15, 0.2) is 59.3 Å². The Kier molecular flexibility index (Phi) is 7.73. The molecule has 0 aliphatic rings. The largest absolute Gasteiger partial charge is 0.490 e. The van der Waals surface area contributed by atoms with E-state index >= 15 is 0 Å². The molecule has 0 spiro atoms. The summed E-state index contributed by atoms with van der Waals surface area (Å²) in [5, 5.41) is 18.8. The van der Waals surface area contributed by atoms with E-state index < -0.39 is 4.92 Å². The van der Waals surface area contributed by atoms with Gasteiger partial charge in [-0.25, -0.2) is 0 Å². The van der Waals surface area contributed by atoms with Gasteiger partial charge in [-0.05, 0) is 51.7 Å². The SMILES string of the molecule is COc1ccc(CSCC(=O)NC(c2ccc(Cl)cc2)c2ccsc2)cc1[N+](=O)[O-]. The van der Waals surface area contributed by atoms with Gasteiger partial charge in [-0.1, -0.05) is 29.8 Å². The fourth-order valence-electron chi connectivity index (χ4n) is 2.89. The second-order valence-electron chi connectivity index (χ2n) is 6.36. The Labute approximate surface area is 187 Å². The van der Waals surface area contributed by atoms with Gasteiger partial charge >= 0.3 is 5.69 Å². The number of nitro benzene ring substituents is 1. The second-order valence-corrected chi connectivity index (χ2v) is 8.57. The van der Waals surface area contributed by atoms with E-state index in [1.807, 2.05) is 29.0 Å². The number of thiophene rings is 1. The summed E-state index contributed by atoms with van der Waals surface area (Å²) in [7, 11) is 1.39. The molecule has 3 aromatic rings. The Morgan fingerprint density at radius 1 is 1.23 bits per heavy atom. The Morgan fingerprint density at radius 3 is 2.63 bits per heavy atom. The smallest absolute Gasteiger partial charge is 0.311 e. The number of carbonyl (C=O) groups is 1. The number of methoxy groups -OCH3 is 1. The number of ether oxygens (including phenoxy) is 1. The maximum absolute atomic E-state index is 12.6. The number of carbonyl (C=O) groups excluding carboxylic acids is 1. The van der Waals surface area contributed by atoms with Crippen LogP contribution in [-0.2, 0) is 10.5 Å². The predicted octanol–water partition coefficient (Wildman–Crippen LogP) is 5.46. The van der Waals surface area contributed by atoms with E-state index in [1.165, 1.54) is 24.9 Å². The summed E-state index contributed by atoms with van der Waals surface area (Å²) >= 11 is 8.94. The fraction of sp³-hybridized carbons (Fsp3) is 0.190. The molecule has 6 nitrogen and oxygen atoms in total. The molecule has 1 atom stereocenters. The van der Waals surface area contributed by atoms with Crippen LogP contribution in [0, 0.1) is 10.1 Å². The Morgan fingerprint density at radius 2 is 2.00 bits per heavy atom. The van der Waals surface area contributed by atoms with E-state index in [4.69, 9.17) is 16.3 Å². The number of hydrogen-bond acceptors (Lipinski definition) is 6. The van der Waals surface area contributed by atoms with Crippen LogP contribution in [0.25, 0.3) is 0 Å². The third-order valence-electron chi connectivity index (χ3n) is 4.33. The van der Waals surface area contributed by atoms with Crippen molar-refractivity contribution in [1.29, 1.82) is 0 Å². The lowest BCUT2D eigenvalue weighted by atomic mass is 10.0. The molecule has 30 heavy (non-hydrogen) atoms. The van der Waals surface area contributed by atoms with Gasteiger partial charge in [-0.3, -0.25) is 14.9 Å². The molecule has 3 rings (SSSR count). The highest BCUT2D eigenvalue weighted by molar-refractivity contribution is 7.99. The number of halogens is 1. The van der Waals surface area contributed by atoms with Crippen LogP contribution in [0.2, 0.25) is 5.02 Å². The standard InChI is InChI=1S/C21H19ClN2O4S2/c1-28-19-7-2-14(10-18(19)24(26)27)11-30-13-20(25)23-21(16-8-9-29-12-16)15-3-5-17(22)6-4-15/h2-10,12,21H,11,13H2,1H3,(H,23,25). The van der Waals surface area contributed by atoms with Gasteiger partial charge in [0.2, 0.25) is 5.91 Å². The maximum Gasteiger partial charge on any atom is 0.311 e. The van der Waals surface area contributed by atoms with Crippen molar-refractivity contribution in [3.05, 3.63) is 91.1 Å². The topological polar surface area (TPSA) is 81.5 Å². The first-order valence-corrected chi connectivity index (χ1v) is 11.4. The van der Waals surface area contributed by atoms with Crippen LogP contribution in [0.5, 0.6) is 5.75 Å². The van der Waals surface area contributed by atoms with E-state index in [-0.39, 0.29) is 29.1 Å². The molecule has 0 fully saturated rings. The predicted molar refractivity (Wildman–Crippen MR) is 122 cm³/mol. The molecule has 1 aromatic heterocycles. The lowest BCUT2D eigenvalue weighted by molar-refractivity contribution is -0.385. The van der Waals surface area contributed by atoms with Crippen molar-refractivity contribution in [3.63, 3.8) is 0 Å². The molecule has 1 amide bonds. The third kappa shape index (κ3) is 5.75. The first kappa shape index (κ1) is 22.1. The summed E-state index contributed by atoms with van der Waals surface area (Å²) in [5.41, 5.74) is 2.63. The average molecular weight is 463 g/mol. The van der Waals surface area contributed by atoms with Gasteiger partial charge in [0.05, 0.1) is 23.8 Å². The van der Waals surface area contributed by atoms with Crippen LogP contribution < -0.4 is 10.1 Å². The Hall–Kier alpha value is -2.55. The highest BCUT2D eigenvalue weighted by atomic mass is 35.5. The minimum absolute atomic E-state index is 0.0830. The molecule has 156 valence electrons. The number of nitrogens with one attached hydrogen (secondary N) is 1. The molecule has 0 aliphatic carbocycles. The van der Waals surface area contributed by atoms with Crippen molar-refractivity contribution >= 4 is 46.3 Å². The molecular weight excluding hydrogens is 444 g/mol. The minimum atomic E-state index is -0.475. The van der Waals surface area contributed by atoms with Gasteiger partial charge in [0.15, 0.2) is 5.75 Å². The van der Waals surface area contributed by atoms with E-state index in [0.717, 1.165) is 16.7 Å². The molecule has 0 saturated heterocycles. The van der Waals surface area contributed by atoms with Gasteiger partial charge < -0.3 is 10.1 Å². The summed E-state index contributed by atoms with van der Waals surface area (Å²) in [6.45, 7) is 0. The summed E-state index contributed by atoms with van der Waals surface area (Å²) in [6, 6.07) is 13.9. The number of rotatable bonds is 9. The Bertz CT molecular complexity index is 1010. The molecule has 0 radical (unpaired) electrons. The van der Waals surface area contributed by atoms with Crippen molar-refractivity contribution < 1.29 is 14.5 Å². The van der Waals surface area contributed by atoms with Crippen molar-refractivity contribution in [2.45, 2.75) is 11.8 Å². The van der Waals surface area contributed by atoms with Crippen LogP contribution in [0.3, 0.4) is 0 Å². The lowest BCUT2D eigenvalue weighted by Crippen LogP contribution is -2.30. The molecule has 0 saturated carbocycles. The lowest BCUT2D eigenvalue weighted by Gasteiger charge is -2.18. The number of nitro groups is 1. The summed E-state index contributed by atoms with van der Waals surface area (Å²) in [5.74, 6) is 0.804. The van der Waals surface area contributed by atoms with E-state index in [0.29, 0.717) is 10.8 Å². The summed E-state index contributed by atoms with van der Waals surface area (Å²) in [6.07, 6.45) is 0. The first-order chi connectivity index (χ1) is 14.5. The molecule has 1 heterocycles. The molecule has 1 unspecified atom stereocenters. The number of amides is 1. The highest BCUT2D eigenvalue weighted by Crippen LogP contribution is 2.29. The molecule has 1 N–H and O–H groups in total. The minimum Gasteiger partial charge on any atom is -0.490 e. The Balaban J connectivity index is 1.62. The van der Waals surface area contributed by atoms with Crippen LogP contribution in [0.1, 0.15) is 22.7 Å². The highest BCUT2D eigenvalue weighted by Gasteiger charge is 2.18. The van der Waals surface area contributed by atoms with Gasteiger partial charge in [-0.2, -0.15) is 11.3 Å². The fourth-order valence-corrected chi connectivity index (χ4v) is 4.48. The van der Waals surface area contributed by atoms with Crippen LogP contribution >= 0.6 is 34.7 Å². The van der Waals surface area contributed by atoms with Gasteiger partial charge in [0.25, 0.3) is 0 Å². The van der Waals surface area contributed by atoms with Crippen molar-refractivity contribution in [3.8, 4) is 5.75 Å². The van der Waals surface area contributed by atoms with E-state index in [2.05, 4.69) is 5.32 Å². The third-order valence-corrected chi connectivity index (χ3v) is 6.28. The van der Waals surface area contributed by atoms with Gasteiger partial charge in [0, 0.05) is 16.8 Å². The van der Waals surface area contributed by atoms with Crippen molar-refractivity contribution in [1.82, 2.24) is 5.32 Å². The van der Waals surface area contributed by atoms with E-state index in [9.17, 15) is 14.9 Å². The normalized spacial score (nSPS) is 11.7. The quantitative estimate of drug-likeness (QED) is 0.337. The summed E-state index contributed by atoms with van der Waals surface area (Å²) in [4.78, 5) is 23.2. The molecule has 2 aromatic carbocycles. The second kappa shape index (κ2) is 10.5. The molecule has 0 aliphatic heterocycles. The van der Waals surface area contributed by atoms with Crippen molar-refractivity contribution in [2.75, 3.05) is 12.9 Å². The van der Waals surface area contributed by atoms with Crippen molar-refractivity contribution in [2.24, 2.45) is 0 Å². The van der Waals surface area contributed by atoms with Crippen LogP contribution in [0.4, 0.5) is 5.69 Å². The zero-order valence-electron chi connectivity index (χ0n) is 16.0. The number of thioether (sulfide) groups is 1. The summed E-state index contributed by atoms with van der Waals surface area (Å²) < 4.78 is 5.01. The zero-order valence-corrected chi connectivity index (χ0v) is 18.4. The van der Waals surface area contributed by atoms with Gasteiger partial charge in [0.1, 0.15) is 0 Å². The first-order valence-electron chi connectivity index (χ1n) is 8.94. The molecule has 9 heteroatoms. The van der Waals surface area contributed by atoms with E-state index in [1.54, 1.807) is 35.6 Å². The maximum atomic E-state index is 12.6.